The van der Waals surface area contributed by atoms with Crippen molar-refractivity contribution >= 4 is 24.0 Å². The van der Waals surface area contributed by atoms with Crippen LogP contribution in [-0.2, 0) is 6.54 Å². The number of rotatable bonds is 3. The van der Waals surface area contributed by atoms with Crippen LogP contribution in [-0.4, -0.2) is 55.1 Å². The summed E-state index contributed by atoms with van der Waals surface area (Å²) in [6.07, 6.45) is 1.31. The summed E-state index contributed by atoms with van der Waals surface area (Å²) in [5.41, 5.74) is 1.25. The number of piperazine rings is 1. The van der Waals surface area contributed by atoms with Crippen molar-refractivity contribution in [2.75, 3.05) is 39.3 Å². The first-order valence-electron chi connectivity index (χ1n) is 7.23. The van der Waals surface area contributed by atoms with Crippen molar-refractivity contribution in [2.24, 2.45) is 0 Å². The number of nitrogens with zero attached hydrogens (tertiary/aromatic N) is 2. The number of nitrogens with one attached hydrogen (secondary N) is 1. The van der Waals surface area contributed by atoms with E-state index in [1.807, 2.05) is 12.1 Å². The Bertz CT molecular complexity index is 413. The first kappa shape index (κ1) is 16.1. The molecule has 0 aliphatic carbocycles. The lowest BCUT2D eigenvalue weighted by Gasteiger charge is -2.37. The minimum absolute atomic E-state index is 0. The normalized spacial score (nSPS) is 24.6. The SMILES string of the molecule is Cl.Clc1ccccc1CN1CCN(C2CCNC2)CC1. The Morgan fingerprint density at radius 1 is 1.15 bits per heavy atom. The third-order valence-corrected chi connectivity index (χ3v) is 4.68. The number of halogens is 2. The summed E-state index contributed by atoms with van der Waals surface area (Å²) < 4.78 is 0. The zero-order chi connectivity index (χ0) is 13.1. The van der Waals surface area contributed by atoms with E-state index in [0.29, 0.717) is 0 Å². The first-order chi connectivity index (χ1) is 9.33. The van der Waals surface area contributed by atoms with Crippen LogP contribution >= 0.6 is 24.0 Å². The van der Waals surface area contributed by atoms with Gasteiger partial charge in [0.25, 0.3) is 0 Å². The molecule has 2 heterocycles. The van der Waals surface area contributed by atoms with E-state index < -0.39 is 0 Å². The van der Waals surface area contributed by atoms with Crippen LogP contribution < -0.4 is 5.32 Å². The summed E-state index contributed by atoms with van der Waals surface area (Å²) in [6, 6.07) is 8.95. The average molecular weight is 316 g/mol. The van der Waals surface area contributed by atoms with Gasteiger partial charge in [0.1, 0.15) is 0 Å². The highest BCUT2D eigenvalue weighted by Gasteiger charge is 2.25. The molecule has 5 heteroatoms. The van der Waals surface area contributed by atoms with Crippen molar-refractivity contribution in [3.05, 3.63) is 34.9 Å². The van der Waals surface area contributed by atoms with Crippen LogP contribution in [0.15, 0.2) is 24.3 Å². The quantitative estimate of drug-likeness (QED) is 0.923. The molecule has 1 aromatic carbocycles. The molecule has 2 saturated heterocycles. The van der Waals surface area contributed by atoms with Crippen LogP contribution in [0.4, 0.5) is 0 Å². The van der Waals surface area contributed by atoms with Crippen LogP contribution in [0.1, 0.15) is 12.0 Å². The van der Waals surface area contributed by atoms with E-state index in [0.717, 1.165) is 30.7 Å². The van der Waals surface area contributed by atoms with Gasteiger partial charge in [-0.2, -0.15) is 0 Å². The van der Waals surface area contributed by atoms with Crippen LogP contribution in [0.3, 0.4) is 0 Å². The van der Waals surface area contributed by atoms with E-state index in [2.05, 4.69) is 27.2 Å². The second-order valence-corrected chi connectivity index (χ2v) is 5.96. The third kappa shape index (κ3) is 3.86. The van der Waals surface area contributed by atoms with Crippen molar-refractivity contribution in [3.63, 3.8) is 0 Å². The monoisotopic (exact) mass is 315 g/mol. The van der Waals surface area contributed by atoms with Gasteiger partial charge >= 0.3 is 0 Å². The van der Waals surface area contributed by atoms with Crippen LogP contribution in [0, 0.1) is 0 Å². The largest absolute Gasteiger partial charge is 0.315 e. The molecule has 2 aliphatic heterocycles. The molecule has 0 bridgehead atoms. The zero-order valence-electron chi connectivity index (χ0n) is 11.7. The standard InChI is InChI=1S/C15H22ClN3.ClH/c16-15-4-2-1-3-13(15)12-18-7-9-19(10-8-18)14-5-6-17-11-14;/h1-4,14,17H,5-12H2;1H. The van der Waals surface area contributed by atoms with Gasteiger partial charge in [-0.1, -0.05) is 29.8 Å². The molecule has 1 N–H and O–H groups in total. The van der Waals surface area contributed by atoms with Crippen LogP contribution in [0.2, 0.25) is 5.02 Å². The lowest BCUT2D eigenvalue weighted by molar-refractivity contribution is 0.0981. The van der Waals surface area contributed by atoms with Crippen molar-refractivity contribution in [2.45, 2.75) is 19.0 Å². The number of benzene rings is 1. The fourth-order valence-corrected chi connectivity index (χ4v) is 3.30. The van der Waals surface area contributed by atoms with Crippen molar-refractivity contribution < 1.29 is 0 Å². The molecule has 0 radical (unpaired) electrons. The molecule has 1 unspecified atom stereocenters. The number of hydrogen-bond donors (Lipinski definition) is 1. The second-order valence-electron chi connectivity index (χ2n) is 5.55. The average Bonchev–Trinajstić information content (AvgIpc) is 2.96. The molecular formula is C15H23Cl2N3. The molecule has 0 saturated carbocycles. The molecule has 3 nitrogen and oxygen atoms in total. The Morgan fingerprint density at radius 2 is 1.90 bits per heavy atom. The van der Waals surface area contributed by atoms with Gasteiger partial charge in [0.15, 0.2) is 0 Å². The van der Waals surface area contributed by atoms with Gasteiger partial charge in [-0.25, -0.2) is 0 Å². The van der Waals surface area contributed by atoms with Crippen LogP contribution in [0.5, 0.6) is 0 Å². The van der Waals surface area contributed by atoms with E-state index in [1.54, 1.807) is 0 Å². The summed E-state index contributed by atoms with van der Waals surface area (Å²) in [7, 11) is 0. The predicted molar refractivity (Wildman–Crippen MR) is 86.8 cm³/mol. The molecule has 3 rings (SSSR count). The molecule has 0 spiro atoms. The summed E-state index contributed by atoms with van der Waals surface area (Å²) in [4.78, 5) is 5.16. The van der Waals surface area contributed by atoms with Gasteiger partial charge in [-0.05, 0) is 24.6 Å². The molecule has 1 atom stereocenters. The van der Waals surface area contributed by atoms with E-state index >= 15 is 0 Å². The molecular weight excluding hydrogens is 293 g/mol. The smallest absolute Gasteiger partial charge is 0.0451 e. The van der Waals surface area contributed by atoms with Crippen molar-refractivity contribution in [1.29, 1.82) is 0 Å². The van der Waals surface area contributed by atoms with Gasteiger partial charge < -0.3 is 5.32 Å². The number of hydrogen-bond acceptors (Lipinski definition) is 3. The van der Waals surface area contributed by atoms with Crippen LogP contribution in [0.25, 0.3) is 0 Å². The minimum Gasteiger partial charge on any atom is -0.315 e. The predicted octanol–water partition coefficient (Wildman–Crippen LogP) is 2.24. The molecule has 112 valence electrons. The van der Waals surface area contributed by atoms with Gasteiger partial charge in [-0.3, -0.25) is 9.80 Å². The molecule has 1 aromatic rings. The Balaban J connectivity index is 0.00000147. The topological polar surface area (TPSA) is 18.5 Å². The maximum atomic E-state index is 6.23. The Kier molecular flexibility index (Phi) is 6.12. The maximum absolute atomic E-state index is 6.23. The highest BCUT2D eigenvalue weighted by atomic mass is 35.5. The highest BCUT2D eigenvalue weighted by molar-refractivity contribution is 6.31. The van der Waals surface area contributed by atoms with Gasteiger partial charge in [-0.15, -0.1) is 12.4 Å². The molecule has 0 amide bonds. The molecule has 2 aliphatic rings. The zero-order valence-corrected chi connectivity index (χ0v) is 13.3. The van der Waals surface area contributed by atoms with E-state index in [1.165, 1.54) is 38.2 Å². The Labute approximate surface area is 132 Å². The Morgan fingerprint density at radius 3 is 2.55 bits per heavy atom. The van der Waals surface area contributed by atoms with Gasteiger partial charge in [0.05, 0.1) is 0 Å². The van der Waals surface area contributed by atoms with Gasteiger partial charge in [0.2, 0.25) is 0 Å². The van der Waals surface area contributed by atoms with Crippen molar-refractivity contribution in [3.8, 4) is 0 Å². The maximum Gasteiger partial charge on any atom is 0.0451 e. The van der Waals surface area contributed by atoms with E-state index in [4.69, 9.17) is 11.6 Å². The summed E-state index contributed by atoms with van der Waals surface area (Å²) in [5, 5.41) is 4.35. The van der Waals surface area contributed by atoms with E-state index in [-0.39, 0.29) is 12.4 Å². The lowest BCUT2D eigenvalue weighted by Crippen LogP contribution is -2.50. The minimum atomic E-state index is 0. The summed E-state index contributed by atoms with van der Waals surface area (Å²) in [5.74, 6) is 0. The third-order valence-electron chi connectivity index (χ3n) is 4.31. The lowest BCUT2D eigenvalue weighted by atomic mass is 10.1. The molecule has 0 aromatic heterocycles. The molecule has 20 heavy (non-hydrogen) atoms. The first-order valence-corrected chi connectivity index (χ1v) is 7.61. The van der Waals surface area contributed by atoms with Crippen molar-refractivity contribution in [1.82, 2.24) is 15.1 Å². The summed E-state index contributed by atoms with van der Waals surface area (Å²) in [6.45, 7) is 8.03. The fourth-order valence-electron chi connectivity index (χ4n) is 3.11. The second kappa shape index (κ2) is 7.62. The molecule has 2 fully saturated rings. The highest BCUT2D eigenvalue weighted by Crippen LogP contribution is 2.19. The fraction of sp³-hybridized carbons (Fsp3) is 0.600. The Hall–Kier alpha value is -0.320. The summed E-state index contributed by atoms with van der Waals surface area (Å²) >= 11 is 6.23. The van der Waals surface area contributed by atoms with E-state index in [9.17, 15) is 0 Å². The van der Waals surface area contributed by atoms with Gasteiger partial charge in [0, 0.05) is 50.3 Å².